The van der Waals surface area contributed by atoms with Crippen LogP contribution in [0.15, 0.2) is 83.9 Å². The van der Waals surface area contributed by atoms with Crippen molar-refractivity contribution < 1.29 is 60.4 Å². The molecular formula is C64H78N8O13S2. The minimum Gasteiger partial charge on any atom is -0.497 e. The lowest BCUT2D eigenvalue weighted by Crippen LogP contribution is -2.50. The summed E-state index contributed by atoms with van der Waals surface area (Å²) in [5, 5.41) is 21.0. The molecule has 2 saturated carbocycles. The van der Waals surface area contributed by atoms with Crippen molar-refractivity contribution >= 4 is 78.1 Å². The van der Waals surface area contributed by atoms with Crippen LogP contribution in [0, 0.1) is 0 Å². The van der Waals surface area contributed by atoms with Gasteiger partial charge in [0.1, 0.15) is 11.5 Å². The Kier molecular flexibility index (Phi) is 19.1. The van der Waals surface area contributed by atoms with E-state index in [0.29, 0.717) is 61.4 Å². The lowest BCUT2D eigenvalue weighted by molar-refractivity contribution is -0.133. The smallest absolute Gasteiger partial charge is 0.333 e. The first-order chi connectivity index (χ1) is 41.7. The Balaban J connectivity index is 0.000000199. The molecule has 1 saturated heterocycles. The molecule has 23 heteroatoms. The summed E-state index contributed by atoms with van der Waals surface area (Å²) < 4.78 is 76.4. The van der Waals surface area contributed by atoms with E-state index in [2.05, 4.69) is 25.0 Å². The van der Waals surface area contributed by atoms with Crippen molar-refractivity contribution in [3.8, 4) is 34.0 Å². The van der Waals surface area contributed by atoms with Gasteiger partial charge in [-0.25, -0.2) is 14.2 Å². The molecule has 5 aliphatic rings. The van der Waals surface area contributed by atoms with Crippen LogP contribution in [-0.2, 0) is 47.8 Å². The van der Waals surface area contributed by atoms with Crippen molar-refractivity contribution in [2.75, 3.05) is 95.0 Å². The van der Waals surface area contributed by atoms with Gasteiger partial charge in [0.25, 0.3) is 17.7 Å². The number of carbonyl (C=O) groups is 4. The molecule has 4 aromatic carbocycles. The highest BCUT2D eigenvalue weighted by Gasteiger charge is 2.35. The molecule has 2 aliphatic carbocycles. The van der Waals surface area contributed by atoms with Gasteiger partial charge in [-0.3, -0.25) is 19.3 Å². The van der Waals surface area contributed by atoms with Crippen molar-refractivity contribution in [2.45, 2.75) is 89.1 Å². The predicted molar refractivity (Wildman–Crippen MR) is 334 cm³/mol. The predicted octanol–water partition coefficient (Wildman–Crippen LogP) is 7.83. The lowest BCUT2D eigenvalue weighted by Gasteiger charge is -2.35. The summed E-state index contributed by atoms with van der Waals surface area (Å²) >= 11 is 0. The van der Waals surface area contributed by atoms with Gasteiger partial charge in [-0.1, -0.05) is 50.7 Å². The van der Waals surface area contributed by atoms with E-state index in [0.717, 1.165) is 135 Å². The van der Waals surface area contributed by atoms with Crippen molar-refractivity contribution in [2.24, 2.45) is 0 Å². The Labute approximate surface area is 508 Å². The van der Waals surface area contributed by atoms with Gasteiger partial charge in [-0.05, 0) is 133 Å². The van der Waals surface area contributed by atoms with Gasteiger partial charge in [0.15, 0.2) is 0 Å². The number of rotatable bonds is 17. The summed E-state index contributed by atoms with van der Waals surface area (Å²) in [5.41, 5.74) is 10.6. The second kappa shape index (κ2) is 26.5. The Morgan fingerprint density at radius 2 is 1.03 bits per heavy atom. The molecule has 0 bridgehead atoms. The lowest BCUT2D eigenvalue weighted by atomic mass is 9.81. The first-order valence-corrected chi connectivity index (χ1v) is 32.6. The third kappa shape index (κ3) is 13.3. The minimum absolute atomic E-state index is 0.000187. The monoisotopic (exact) mass is 1230 g/mol. The molecule has 3 amide bonds. The van der Waals surface area contributed by atoms with Crippen LogP contribution in [0.3, 0.4) is 0 Å². The number of ether oxygens (including phenoxy) is 3. The third-order valence-electron chi connectivity index (χ3n) is 17.5. The molecule has 464 valence electrons. The van der Waals surface area contributed by atoms with Crippen LogP contribution in [0.25, 0.3) is 56.5 Å². The van der Waals surface area contributed by atoms with Gasteiger partial charge < -0.3 is 38.5 Å². The number of fused-ring (bicyclic) bond motifs is 10. The number of aliphatic hydroxyl groups is 1. The normalized spacial score (nSPS) is 16.8. The summed E-state index contributed by atoms with van der Waals surface area (Å²) in [6, 6.07) is 22.2. The van der Waals surface area contributed by atoms with E-state index in [1.807, 2.05) is 58.0 Å². The van der Waals surface area contributed by atoms with Gasteiger partial charge in [-0.2, -0.15) is 25.4 Å². The molecule has 87 heavy (non-hydrogen) atoms. The minimum atomic E-state index is -3.99. The van der Waals surface area contributed by atoms with Crippen LogP contribution >= 0.6 is 0 Å². The number of aliphatic carboxylic acids is 1. The van der Waals surface area contributed by atoms with E-state index in [1.54, 1.807) is 44.6 Å². The van der Waals surface area contributed by atoms with Crippen LogP contribution in [0.4, 0.5) is 0 Å². The third-order valence-corrected chi connectivity index (χ3v) is 20.3. The van der Waals surface area contributed by atoms with E-state index in [4.69, 9.17) is 19.3 Å². The zero-order valence-electron chi connectivity index (χ0n) is 50.3. The number of amides is 3. The molecule has 3 fully saturated rings. The number of nitrogens with one attached hydrogen (secondary N) is 2. The van der Waals surface area contributed by atoms with Gasteiger partial charge >= 0.3 is 26.4 Å². The van der Waals surface area contributed by atoms with Crippen LogP contribution in [0.1, 0.15) is 119 Å². The number of hydrogen-bond donors (Lipinski definition) is 4. The number of carboxylic acids is 1. The maximum Gasteiger partial charge on any atom is 0.333 e. The number of methoxy groups -OCH3 is 2. The molecule has 2 aromatic heterocycles. The van der Waals surface area contributed by atoms with E-state index in [1.165, 1.54) is 46.6 Å². The summed E-state index contributed by atoms with van der Waals surface area (Å²) in [4.78, 5) is 57.0. The van der Waals surface area contributed by atoms with Gasteiger partial charge in [-0.15, -0.1) is 0 Å². The topological polar surface area (TPSA) is 252 Å². The first-order valence-electron chi connectivity index (χ1n) is 29.7. The Morgan fingerprint density at radius 1 is 0.586 bits per heavy atom. The fourth-order valence-corrected chi connectivity index (χ4v) is 14.0. The second-order valence-corrected chi connectivity index (χ2v) is 27.1. The number of hydrogen-bond acceptors (Lipinski definition) is 13. The molecule has 0 unspecified atom stereocenters. The maximum atomic E-state index is 14.3. The second-order valence-electron chi connectivity index (χ2n) is 23.3. The highest BCUT2D eigenvalue weighted by molar-refractivity contribution is 7.88. The number of aromatic nitrogens is 2. The maximum absolute atomic E-state index is 14.3. The largest absolute Gasteiger partial charge is 0.497 e. The fraction of sp³-hybridized carbons (Fsp3) is 0.438. The molecule has 21 nitrogen and oxygen atoms in total. The number of carbonyl (C=O) groups excluding carboxylic acids is 3. The Bertz CT molecular complexity index is 3920. The van der Waals surface area contributed by atoms with E-state index in [-0.39, 0.29) is 41.7 Å². The summed E-state index contributed by atoms with van der Waals surface area (Å²) in [6.45, 7) is 4.61. The number of aliphatic hydroxyl groups excluding tert-OH is 1. The molecule has 5 heterocycles. The van der Waals surface area contributed by atoms with Crippen molar-refractivity contribution in [3.05, 3.63) is 117 Å². The average molecular weight is 1230 g/mol. The van der Waals surface area contributed by atoms with Crippen LogP contribution in [0.2, 0.25) is 0 Å². The summed E-state index contributed by atoms with van der Waals surface area (Å²) in [7, 11) is 0.670. The van der Waals surface area contributed by atoms with Crippen LogP contribution in [-0.4, -0.2) is 173 Å². The molecule has 0 atom stereocenters. The van der Waals surface area contributed by atoms with E-state index >= 15 is 0 Å². The van der Waals surface area contributed by atoms with Crippen LogP contribution < -0.4 is 18.9 Å². The molecule has 11 rings (SSSR count). The highest BCUT2D eigenvalue weighted by atomic mass is 32.2. The number of piperazine rings is 1. The Hall–Kier alpha value is -7.38. The highest BCUT2D eigenvalue weighted by Crippen LogP contribution is 2.49. The van der Waals surface area contributed by atoms with Gasteiger partial charge in [0, 0.05) is 111 Å². The standard InChI is InChI=1S/C36H47N5O7S.C28H31N3O6S/c1-38(2)49(45,46)37-35(43)26-9-11-31-32(23-26)41-24-28(36(44)40-15-13-39(14-16-40)17-19-48-20-18-42)21-27-22-29(47-3)10-12-30(27)34(41)33(31)25-7-5-4-6-8-25;1-30(2)38(35,36)29-27(32)18-9-11-23-24(15-18)31-16-20(28(33)34)13-19-14-21(37-3)10-12-22(19)26(31)25(23)17-7-5-4-6-8-17/h9-12,21-23,25,42H,4-8,13-20,24H2,1-3H3,(H,37,43);9-15,17H,4-8,16H2,1-3H3,(H,29,32)(H,33,34). The zero-order chi connectivity index (χ0) is 61.9. The van der Waals surface area contributed by atoms with E-state index < -0.39 is 38.2 Å². The quantitative estimate of drug-likeness (QED) is 0.0636. The van der Waals surface area contributed by atoms with Gasteiger partial charge in [0.05, 0.1) is 64.1 Å². The Morgan fingerprint density at radius 3 is 1.46 bits per heavy atom. The summed E-state index contributed by atoms with van der Waals surface area (Å²) in [6.07, 6.45) is 14.7. The average Bonchev–Trinajstić information content (AvgIpc) is 1.91. The fourth-order valence-electron chi connectivity index (χ4n) is 12.9. The van der Waals surface area contributed by atoms with Gasteiger partial charge in [0.2, 0.25) is 0 Å². The van der Waals surface area contributed by atoms with E-state index in [9.17, 15) is 41.1 Å². The van der Waals surface area contributed by atoms with Crippen molar-refractivity contribution in [1.29, 1.82) is 0 Å². The SMILES string of the molecule is COc1ccc2c(c1)C=C(C(=O)N1CCN(CCOCCO)CC1)Cn1c-2c(C2CCCCC2)c2ccc(C(=O)NS(=O)(=O)N(C)C)cc21.COc1ccc2c(c1)C=C(C(=O)O)Cn1c-2c(C2CCCCC2)c2ccc(C(=O)NS(=O)(=O)N(C)C)cc21. The zero-order valence-corrected chi connectivity index (χ0v) is 51.9. The molecule has 3 aliphatic heterocycles. The molecule has 4 N–H and O–H groups in total. The molecule has 0 spiro atoms. The number of benzene rings is 4. The molecule has 6 aromatic rings. The van der Waals surface area contributed by atoms with Crippen molar-refractivity contribution in [1.82, 2.24) is 37.0 Å². The van der Waals surface area contributed by atoms with Crippen LogP contribution in [0.5, 0.6) is 11.5 Å². The molecular weight excluding hydrogens is 1150 g/mol. The molecule has 0 radical (unpaired) electrons. The number of nitrogens with zero attached hydrogens (tertiary/aromatic N) is 6. The number of carboxylic acid groups (broad SMARTS) is 1. The van der Waals surface area contributed by atoms with Crippen molar-refractivity contribution in [3.63, 3.8) is 0 Å². The first kappa shape index (κ1) is 62.7. The summed E-state index contributed by atoms with van der Waals surface area (Å²) in [5.74, 6) is -0.596.